The van der Waals surface area contributed by atoms with Gasteiger partial charge in [0.2, 0.25) is 11.8 Å². The van der Waals surface area contributed by atoms with Crippen LogP contribution in [-0.2, 0) is 16.1 Å². The summed E-state index contributed by atoms with van der Waals surface area (Å²) in [6, 6.07) is 10.4. The maximum absolute atomic E-state index is 13.7. The standard InChI is InChI=1S/C26H38N2O2/c1-26(15-7-8-16-28(25(26)30)20-22-11-3-2-4-12-22)23-13-17-27(18-14-23)24(29)19-21-9-5-6-10-21/h2-4,11-12,21,23H,5-10,13-20H2,1H3/t26-/m0/s1. The van der Waals surface area contributed by atoms with Crippen molar-refractivity contribution in [3.05, 3.63) is 35.9 Å². The van der Waals surface area contributed by atoms with Crippen LogP contribution < -0.4 is 0 Å². The Bertz CT molecular complexity index is 720. The topological polar surface area (TPSA) is 40.6 Å². The smallest absolute Gasteiger partial charge is 0.229 e. The van der Waals surface area contributed by atoms with Crippen molar-refractivity contribution in [2.45, 2.75) is 77.7 Å². The number of carbonyl (C=O) groups excluding carboxylic acids is 2. The molecule has 1 aromatic rings. The first-order chi connectivity index (χ1) is 14.6. The summed E-state index contributed by atoms with van der Waals surface area (Å²) >= 11 is 0. The first-order valence-electron chi connectivity index (χ1n) is 12.2. The van der Waals surface area contributed by atoms with Gasteiger partial charge in [-0.2, -0.15) is 0 Å². The average Bonchev–Trinajstić information content (AvgIpc) is 3.24. The molecule has 3 aliphatic rings. The minimum atomic E-state index is -0.286. The molecular weight excluding hydrogens is 372 g/mol. The Morgan fingerprint density at radius 3 is 2.37 bits per heavy atom. The maximum atomic E-state index is 13.7. The fourth-order valence-corrected chi connectivity index (χ4v) is 6.05. The highest BCUT2D eigenvalue weighted by Gasteiger charge is 2.45. The molecule has 2 saturated heterocycles. The van der Waals surface area contributed by atoms with Gasteiger partial charge in [0.15, 0.2) is 0 Å². The van der Waals surface area contributed by atoms with Crippen LogP contribution >= 0.6 is 0 Å². The zero-order valence-corrected chi connectivity index (χ0v) is 18.7. The Kier molecular flexibility index (Phi) is 6.80. The minimum absolute atomic E-state index is 0.286. The van der Waals surface area contributed by atoms with Gasteiger partial charge in [-0.15, -0.1) is 0 Å². The number of likely N-dealkylation sites (tertiary alicyclic amines) is 2. The van der Waals surface area contributed by atoms with Crippen LogP contribution in [0.5, 0.6) is 0 Å². The zero-order valence-electron chi connectivity index (χ0n) is 18.7. The van der Waals surface area contributed by atoms with Crippen molar-refractivity contribution in [3.8, 4) is 0 Å². The van der Waals surface area contributed by atoms with Crippen LogP contribution in [0.25, 0.3) is 0 Å². The van der Waals surface area contributed by atoms with Gasteiger partial charge in [-0.05, 0) is 55.9 Å². The van der Waals surface area contributed by atoms with Gasteiger partial charge in [-0.3, -0.25) is 9.59 Å². The third kappa shape index (κ3) is 4.73. The van der Waals surface area contributed by atoms with Gasteiger partial charge in [0.1, 0.15) is 0 Å². The largest absolute Gasteiger partial charge is 0.343 e. The lowest BCUT2D eigenvalue weighted by atomic mass is 9.69. The number of amides is 2. The second-order valence-electron chi connectivity index (χ2n) is 10.1. The van der Waals surface area contributed by atoms with Crippen LogP contribution in [0.4, 0.5) is 0 Å². The van der Waals surface area contributed by atoms with Gasteiger partial charge in [0, 0.05) is 38.0 Å². The normalized spacial score (nSPS) is 26.8. The third-order valence-corrected chi connectivity index (χ3v) is 8.05. The quantitative estimate of drug-likeness (QED) is 0.683. The highest BCUT2D eigenvalue weighted by Crippen LogP contribution is 2.43. The fourth-order valence-electron chi connectivity index (χ4n) is 6.05. The summed E-state index contributed by atoms with van der Waals surface area (Å²) in [6.07, 6.45) is 10.9. The summed E-state index contributed by atoms with van der Waals surface area (Å²) in [5.41, 5.74) is 0.925. The van der Waals surface area contributed by atoms with E-state index in [4.69, 9.17) is 0 Å². The van der Waals surface area contributed by atoms with Crippen molar-refractivity contribution >= 4 is 11.8 Å². The molecule has 0 aromatic heterocycles. The molecule has 30 heavy (non-hydrogen) atoms. The first kappa shape index (κ1) is 21.4. The van der Waals surface area contributed by atoms with E-state index in [-0.39, 0.29) is 5.41 Å². The summed E-state index contributed by atoms with van der Waals surface area (Å²) in [4.78, 5) is 30.6. The SMILES string of the molecule is C[C@@]1(C2CCN(C(=O)CC3CCCC3)CC2)CCCCN(Cc2ccccc2)C1=O. The predicted molar refractivity (Wildman–Crippen MR) is 120 cm³/mol. The van der Waals surface area contributed by atoms with E-state index in [0.29, 0.717) is 30.2 Å². The molecule has 2 heterocycles. The number of rotatable bonds is 5. The Morgan fingerprint density at radius 1 is 0.967 bits per heavy atom. The molecule has 4 heteroatoms. The van der Waals surface area contributed by atoms with Crippen LogP contribution in [0.2, 0.25) is 0 Å². The van der Waals surface area contributed by atoms with Gasteiger partial charge in [-0.25, -0.2) is 0 Å². The van der Waals surface area contributed by atoms with Crippen LogP contribution in [0.3, 0.4) is 0 Å². The van der Waals surface area contributed by atoms with Crippen LogP contribution in [0.15, 0.2) is 30.3 Å². The Labute approximate surface area is 182 Å². The lowest BCUT2D eigenvalue weighted by Gasteiger charge is -2.43. The number of hydrogen-bond donors (Lipinski definition) is 0. The van der Waals surface area contributed by atoms with Gasteiger partial charge in [-0.1, -0.05) is 56.5 Å². The van der Waals surface area contributed by atoms with E-state index in [1.54, 1.807) is 0 Å². The lowest BCUT2D eigenvalue weighted by molar-refractivity contribution is -0.146. The van der Waals surface area contributed by atoms with Crippen molar-refractivity contribution in [1.82, 2.24) is 9.80 Å². The molecule has 0 spiro atoms. The summed E-state index contributed by atoms with van der Waals surface area (Å²) < 4.78 is 0. The first-order valence-corrected chi connectivity index (χ1v) is 12.2. The van der Waals surface area contributed by atoms with E-state index < -0.39 is 0 Å². The number of carbonyl (C=O) groups is 2. The van der Waals surface area contributed by atoms with Gasteiger partial charge in [0.25, 0.3) is 0 Å². The summed E-state index contributed by atoms with van der Waals surface area (Å²) in [5.74, 6) is 1.68. The minimum Gasteiger partial charge on any atom is -0.343 e. The van der Waals surface area contributed by atoms with Crippen LogP contribution in [0, 0.1) is 17.3 Å². The van der Waals surface area contributed by atoms with Crippen molar-refractivity contribution < 1.29 is 9.59 Å². The van der Waals surface area contributed by atoms with E-state index in [0.717, 1.165) is 58.2 Å². The van der Waals surface area contributed by atoms with E-state index in [1.807, 2.05) is 6.07 Å². The van der Waals surface area contributed by atoms with E-state index in [2.05, 4.69) is 41.0 Å². The lowest BCUT2D eigenvalue weighted by Crippen LogP contribution is -2.49. The molecule has 1 aromatic carbocycles. The van der Waals surface area contributed by atoms with E-state index >= 15 is 0 Å². The number of benzene rings is 1. The van der Waals surface area contributed by atoms with E-state index in [1.165, 1.54) is 31.2 Å². The van der Waals surface area contributed by atoms with Gasteiger partial charge >= 0.3 is 0 Å². The fraction of sp³-hybridized carbons (Fsp3) is 0.692. The highest BCUT2D eigenvalue weighted by atomic mass is 16.2. The van der Waals surface area contributed by atoms with Gasteiger partial charge in [0.05, 0.1) is 0 Å². The number of nitrogens with zero attached hydrogens (tertiary/aromatic N) is 2. The van der Waals surface area contributed by atoms with Crippen molar-refractivity contribution in [2.24, 2.45) is 17.3 Å². The predicted octanol–water partition coefficient (Wildman–Crippen LogP) is 5.02. The molecule has 2 aliphatic heterocycles. The van der Waals surface area contributed by atoms with E-state index in [9.17, 15) is 9.59 Å². The van der Waals surface area contributed by atoms with Crippen LogP contribution in [0.1, 0.15) is 76.7 Å². The second-order valence-corrected chi connectivity index (χ2v) is 10.1. The average molecular weight is 411 g/mol. The zero-order chi connectivity index (χ0) is 21.0. The Balaban J connectivity index is 1.37. The molecule has 1 atom stereocenters. The molecule has 1 saturated carbocycles. The molecule has 0 radical (unpaired) electrons. The Hall–Kier alpha value is -1.84. The molecule has 0 bridgehead atoms. The van der Waals surface area contributed by atoms with Crippen molar-refractivity contribution in [1.29, 1.82) is 0 Å². The number of hydrogen-bond acceptors (Lipinski definition) is 2. The molecule has 4 rings (SSSR count). The molecule has 1 aliphatic carbocycles. The third-order valence-electron chi connectivity index (χ3n) is 8.05. The van der Waals surface area contributed by atoms with Gasteiger partial charge < -0.3 is 9.80 Å². The summed E-state index contributed by atoms with van der Waals surface area (Å²) in [5, 5.41) is 0. The maximum Gasteiger partial charge on any atom is 0.229 e. The molecule has 3 fully saturated rings. The second kappa shape index (κ2) is 9.53. The molecular formula is C26H38N2O2. The molecule has 2 amide bonds. The summed E-state index contributed by atoms with van der Waals surface area (Å²) in [6.45, 7) is 5.45. The van der Waals surface area contributed by atoms with Crippen molar-refractivity contribution in [2.75, 3.05) is 19.6 Å². The monoisotopic (exact) mass is 410 g/mol. The van der Waals surface area contributed by atoms with Crippen LogP contribution in [-0.4, -0.2) is 41.2 Å². The molecule has 4 nitrogen and oxygen atoms in total. The van der Waals surface area contributed by atoms with Crippen molar-refractivity contribution in [3.63, 3.8) is 0 Å². The highest BCUT2D eigenvalue weighted by molar-refractivity contribution is 5.83. The molecule has 0 N–H and O–H groups in total. The molecule has 164 valence electrons. The number of piperidine rings is 1. The summed E-state index contributed by atoms with van der Waals surface area (Å²) in [7, 11) is 0. The molecule has 0 unspecified atom stereocenters. The Morgan fingerprint density at radius 2 is 1.67 bits per heavy atom.